The normalized spacial score (nSPS) is 13.7. The fourth-order valence-electron chi connectivity index (χ4n) is 2.92. The molecule has 7 nitrogen and oxygen atoms in total. The highest BCUT2D eigenvalue weighted by molar-refractivity contribution is 6.18. The molecule has 0 spiro atoms. The Morgan fingerprint density at radius 3 is 1.94 bits per heavy atom. The lowest BCUT2D eigenvalue weighted by atomic mass is 9.87. The third kappa shape index (κ3) is 9.76. The largest absolute Gasteiger partial charge is 0.573 e. The lowest BCUT2D eigenvalue weighted by molar-refractivity contribution is -0.274. The standard InChI is InChI=1S/C21H27ClF3NO6/c1-13(27)30-17(12-20(3,4)5)18(31-14(2)28)19(29)26(11-10-22)15-6-8-16(9-7-15)32-21(23,24)25/h6-9,17-18H,10-12H2,1-5H3/t17-,18-/m1/s1. The monoisotopic (exact) mass is 481 g/mol. The maximum absolute atomic E-state index is 13.4. The lowest BCUT2D eigenvalue weighted by Gasteiger charge is -2.33. The first-order chi connectivity index (χ1) is 14.6. The number of anilines is 1. The van der Waals surface area contributed by atoms with Crippen molar-refractivity contribution < 1.29 is 41.8 Å². The first-order valence-corrected chi connectivity index (χ1v) is 10.2. The number of benzene rings is 1. The molecule has 1 rings (SSSR count). The van der Waals surface area contributed by atoms with Crippen LogP contribution in [0.5, 0.6) is 5.75 Å². The van der Waals surface area contributed by atoms with Gasteiger partial charge in [-0.25, -0.2) is 0 Å². The van der Waals surface area contributed by atoms with Crippen LogP contribution in [0.3, 0.4) is 0 Å². The third-order valence-electron chi connectivity index (χ3n) is 3.96. The molecule has 11 heteroatoms. The summed E-state index contributed by atoms with van der Waals surface area (Å²) in [5.74, 6) is -2.66. The van der Waals surface area contributed by atoms with Crippen LogP contribution >= 0.6 is 11.6 Å². The number of amides is 1. The second-order valence-corrected chi connectivity index (χ2v) is 8.54. The van der Waals surface area contributed by atoms with Gasteiger partial charge in [0.2, 0.25) is 6.10 Å². The number of carbonyl (C=O) groups excluding carboxylic acids is 3. The molecule has 180 valence electrons. The first kappa shape index (κ1) is 27.5. The van der Waals surface area contributed by atoms with E-state index in [2.05, 4.69) is 4.74 Å². The molecule has 0 aromatic heterocycles. The molecule has 1 amide bonds. The van der Waals surface area contributed by atoms with Crippen LogP contribution in [0, 0.1) is 5.41 Å². The van der Waals surface area contributed by atoms with Gasteiger partial charge in [0, 0.05) is 32.0 Å². The van der Waals surface area contributed by atoms with E-state index in [1.54, 1.807) is 0 Å². The van der Waals surface area contributed by atoms with Crippen LogP contribution in [-0.4, -0.2) is 48.8 Å². The van der Waals surface area contributed by atoms with Crippen molar-refractivity contribution in [3.63, 3.8) is 0 Å². The molecule has 0 N–H and O–H groups in total. The summed E-state index contributed by atoms with van der Waals surface area (Å²) in [5, 5.41) is 0. The smallest absolute Gasteiger partial charge is 0.458 e. The number of hydrogen-bond acceptors (Lipinski definition) is 6. The molecule has 0 fully saturated rings. The summed E-state index contributed by atoms with van der Waals surface area (Å²) in [6.07, 6.45) is -7.24. The van der Waals surface area contributed by atoms with Gasteiger partial charge in [0.05, 0.1) is 0 Å². The highest BCUT2D eigenvalue weighted by Crippen LogP contribution is 2.29. The molecule has 0 aliphatic carbocycles. The summed E-state index contributed by atoms with van der Waals surface area (Å²) in [4.78, 5) is 37.9. The summed E-state index contributed by atoms with van der Waals surface area (Å²) >= 11 is 5.83. The molecule has 0 aliphatic rings. The zero-order valence-corrected chi connectivity index (χ0v) is 19.2. The van der Waals surface area contributed by atoms with Gasteiger partial charge < -0.3 is 19.1 Å². The average Bonchev–Trinajstić information content (AvgIpc) is 2.61. The number of halogens is 4. The Balaban J connectivity index is 3.32. The second kappa shape index (κ2) is 11.4. The lowest BCUT2D eigenvalue weighted by Crippen LogP contribution is -2.50. The van der Waals surface area contributed by atoms with E-state index in [1.165, 1.54) is 19.1 Å². The van der Waals surface area contributed by atoms with Gasteiger partial charge in [-0.1, -0.05) is 20.8 Å². The number of alkyl halides is 4. The van der Waals surface area contributed by atoms with Crippen LogP contribution in [0.2, 0.25) is 0 Å². The van der Waals surface area contributed by atoms with Crippen molar-refractivity contribution >= 4 is 35.1 Å². The first-order valence-electron chi connectivity index (χ1n) is 9.70. The molecule has 0 bridgehead atoms. The summed E-state index contributed by atoms with van der Waals surface area (Å²) in [7, 11) is 0. The molecule has 0 saturated heterocycles. The van der Waals surface area contributed by atoms with E-state index in [9.17, 15) is 27.6 Å². The molecule has 1 aromatic carbocycles. The Morgan fingerprint density at radius 1 is 1.00 bits per heavy atom. The third-order valence-corrected chi connectivity index (χ3v) is 4.13. The minimum atomic E-state index is -4.86. The number of carbonyl (C=O) groups is 3. The van der Waals surface area contributed by atoms with Gasteiger partial charge in [-0.3, -0.25) is 14.4 Å². The van der Waals surface area contributed by atoms with E-state index in [4.69, 9.17) is 21.1 Å². The van der Waals surface area contributed by atoms with Crippen molar-refractivity contribution in [3.05, 3.63) is 24.3 Å². The van der Waals surface area contributed by atoms with E-state index in [1.807, 2.05) is 20.8 Å². The summed E-state index contributed by atoms with van der Waals surface area (Å²) in [6.45, 7) is 7.80. The number of nitrogens with zero attached hydrogens (tertiary/aromatic N) is 1. The van der Waals surface area contributed by atoms with Crippen LogP contribution in [0.25, 0.3) is 0 Å². The molecule has 0 saturated carbocycles. The Morgan fingerprint density at radius 2 is 1.53 bits per heavy atom. The zero-order chi connectivity index (χ0) is 24.7. The van der Waals surface area contributed by atoms with Crippen LogP contribution in [-0.2, 0) is 23.9 Å². The predicted molar refractivity (Wildman–Crippen MR) is 111 cm³/mol. The minimum Gasteiger partial charge on any atom is -0.458 e. The van der Waals surface area contributed by atoms with Gasteiger partial charge >= 0.3 is 18.3 Å². The molecular formula is C21H27ClF3NO6. The van der Waals surface area contributed by atoms with E-state index >= 15 is 0 Å². The van der Waals surface area contributed by atoms with Gasteiger partial charge in [0.15, 0.2) is 0 Å². The van der Waals surface area contributed by atoms with E-state index < -0.39 is 47.6 Å². The zero-order valence-electron chi connectivity index (χ0n) is 18.5. The highest BCUT2D eigenvalue weighted by atomic mass is 35.5. The van der Waals surface area contributed by atoms with Crippen molar-refractivity contribution in [2.24, 2.45) is 5.41 Å². The number of rotatable bonds is 9. The summed E-state index contributed by atoms with van der Waals surface area (Å²) in [6, 6.07) is 4.55. The fourth-order valence-corrected chi connectivity index (χ4v) is 3.09. The van der Waals surface area contributed by atoms with E-state index in [0.717, 1.165) is 24.0 Å². The van der Waals surface area contributed by atoms with Gasteiger partial charge in [0.1, 0.15) is 11.9 Å². The van der Waals surface area contributed by atoms with Gasteiger partial charge in [-0.2, -0.15) is 0 Å². The maximum atomic E-state index is 13.4. The van der Waals surface area contributed by atoms with Crippen molar-refractivity contribution in [2.45, 2.75) is 59.6 Å². The van der Waals surface area contributed by atoms with Crippen molar-refractivity contribution in [2.75, 3.05) is 17.3 Å². The molecule has 0 radical (unpaired) electrons. The van der Waals surface area contributed by atoms with Gasteiger partial charge in [-0.15, -0.1) is 24.8 Å². The van der Waals surface area contributed by atoms with Crippen LogP contribution in [0.4, 0.5) is 18.9 Å². The SMILES string of the molecule is CC(=O)O[C@H](CC(C)(C)C)[C@@H](OC(C)=O)C(=O)N(CCCl)c1ccc(OC(F)(F)F)cc1. The quantitative estimate of drug-likeness (QED) is 0.382. The summed E-state index contributed by atoms with van der Waals surface area (Å²) in [5.41, 5.74) is -0.202. The number of ether oxygens (including phenoxy) is 3. The Hall–Kier alpha value is -2.49. The molecule has 0 unspecified atom stereocenters. The van der Waals surface area contributed by atoms with E-state index in [0.29, 0.717) is 0 Å². The van der Waals surface area contributed by atoms with E-state index in [-0.39, 0.29) is 24.5 Å². The molecule has 0 aliphatic heterocycles. The van der Waals surface area contributed by atoms with Crippen molar-refractivity contribution in [3.8, 4) is 5.75 Å². The van der Waals surface area contributed by atoms with Crippen LogP contribution in [0.1, 0.15) is 41.0 Å². The Kier molecular flexibility index (Phi) is 9.81. The molecule has 0 heterocycles. The van der Waals surface area contributed by atoms with Crippen LogP contribution in [0.15, 0.2) is 24.3 Å². The minimum absolute atomic E-state index is 0.0170. The molecular weight excluding hydrogens is 455 g/mol. The predicted octanol–water partition coefficient (Wildman–Crippen LogP) is 4.46. The average molecular weight is 482 g/mol. The summed E-state index contributed by atoms with van der Waals surface area (Å²) < 4.78 is 51.6. The van der Waals surface area contributed by atoms with Gasteiger partial charge in [0.25, 0.3) is 5.91 Å². The Labute approximate surface area is 189 Å². The van der Waals surface area contributed by atoms with Crippen molar-refractivity contribution in [1.29, 1.82) is 0 Å². The maximum Gasteiger partial charge on any atom is 0.573 e. The number of hydrogen-bond donors (Lipinski definition) is 0. The topological polar surface area (TPSA) is 82.1 Å². The molecule has 32 heavy (non-hydrogen) atoms. The Bertz CT molecular complexity index is 792. The second-order valence-electron chi connectivity index (χ2n) is 8.16. The van der Waals surface area contributed by atoms with Gasteiger partial charge in [-0.05, 0) is 36.1 Å². The van der Waals surface area contributed by atoms with Crippen molar-refractivity contribution in [1.82, 2.24) is 0 Å². The van der Waals surface area contributed by atoms with Crippen LogP contribution < -0.4 is 9.64 Å². The fraction of sp³-hybridized carbons (Fsp3) is 0.571. The molecule has 1 aromatic rings. The molecule has 2 atom stereocenters. The number of esters is 2. The highest BCUT2D eigenvalue weighted by Gasteiger charge is 2.39.